The maximum absolute atomic E-state index is 14.9. The quantitative estimate of drug-likeness (QED) is 0.135. The number of benzene rings is 2. The van der Waals surface area contributed by atoms with Gasteiger partial charge in [-0.1, -0.05) is 17.3 Å². The Kier molecular flexibility index (Phi) is 7.76. The summed E-state index contributed by atoms with van der Waals surface area (Å²) >= 11 is 1.45. The minimum atomic E-state index is -4.84. The van der Waals surface area contributed by atoms with Gasteiger partial charge in [0.05, 0.1) is 31.1 Å². The molecule has 4 aromatic rings. The first-order chi connectivity index (χ1) is 21.7. The number of ether oxygens (including phenoxy) is 3. The Balaban J connectivity index is 1.06. The van der Waals surface area contributed by atoms with Crippen molar-refractivity contribution in [2.75, 3.05) is 12.0 Å². The molecule has 0 unspecified atom stereocenters. The Morgan fingerprint density at radius 1 is 1.07 bits per heavy atom. The van der Waals surface area contributed by atoms with Crippen molar-refractivity contribution in [1.29, 1.82) is 0 Å². The first-order valence-electron chi connectivity index (χ1n) is 14.8. The van der Waals surface area contributed by atoms with Gasteiger partial charge >= 0.3 is 12.3 Å². The maximum Gasteiger partial charge on any atom is 0.573 e. The van der Waals surface area contributed by atoms with Crippen LogP contribution in [-0.4, -0.2) is 47.8 Å². The zero-order valence-electron chi connectivity index (χ0n) is 24.2. The monoisotopic (exact) mass is 643 g/mol. The summed E-state index contributed by atoms with van der Waals surface area (Å²) in [7, 11) is 1.25. The first-order valence-corrected chi connectivity index (χ1v) is 15.6. The third-order valence-corrected chi connectivity index (χ3v) is 9.52. The standard InChI is InChI=1S/C32H29F4N3O5S/c1-41-30(40)18-8-11-22(25(33)12-18)26-16-45-31(37-26)39-19-9-10-20(39)14-21(13-19)42-15-24-28(38-44-29(24)17-6-7-17)23-4-2-3-5-27(23)43-32(34,35)36/h2-5,8,11-12,16-17,19-21H,6-7,9-10,13-15H2,1H3/t19-,20+,21-. The Labute approximate surface area is 259 Å². The highest BCUT2D eigenvalue weighted by Crippen LogP contribution is 2.47. The first kappa shape index (κ1) is 29.7. The van der Waals surface area contributed by atoms with Gasteiger partial charge in [0, 0.05) is 40.1 Å². The molecule has 0 spiro atoms. The molecule has 45 heavy (non-hydrogen) atoms. The molecule has 0 N–H and O–H groups in total. The largest absolute Gasteiger partial charge is 0.573 e. The molecule has 1 aliphatic carbocycles. The van der Waals surface area contributed by atoms with Crippen molar-refractivity contribution in [1.82, 2.24) is 10.1 Å². The van der Waals surface area contributed by atoms with Crippen LogP contribution >= 0.6 is 11.3 Å². The van der Waals surface area contributed by atoms with Gasteiger partial charge in [0.1, 0.15) is 23.0 Å². The molecule has 2 saturated heterocycles. The van der Waals surface area contributed by atoms with Crippen molar-refractivity contribution in [3.8, 4) is 28.3 Å². The molecule has 8 nitrogen and oxygen atoms in total. The van der Waals surface area contributed by atoms with Gasteiger partial charge in [-0.3, -0.25) is 0 Å². The molecule has 2 aromatic heterocycles. The molecule has 4 heterocycles. The Morgan fingerprint density at radius 2 is 1.82 bits per heavy atom. The number of carbonyl (C=O) groups is 1. The van der Waals surface area contributed by atoms with E-state index in [4.69, 9.17) is 14.2 Å². The van der Waals surface area contributed by atoms with Crippen LogP contribution in [0.5, 0.6) is 5.75 Å². The van der Waals surface area contributed by atoms with Gasteiger partial charge in [0.15, 0.2) is 5.13 Å². The Morgan fingerprint density at radius 3 is 2.51 bits per heavy atom. The highest BCUT2D eigenvalue weighted by atomic mass is 32.1. The second kappa shape index (κ2) is 11.8. The van der Waals surface area contributed by atoms with Gasteiger partial charge in [-0.2, -0.15) is 0 Å². The smallest absolute Gasteiger partial charge is 0.465 e. The summed E-state index contributed by atoms with van der Waals surface area (Å²) in [5, 5.41) is 6.81. The van der Waals surface area contributed by atoms with Crippen LogP contribution < -0.4 is 9.64 Å². The van der Waals surface area contributed by atoms with E-state index in [0.29, 0.717) is 28.3 Å². The molecule has 3 atom stereocenters. The highest BCUT2D eigenvalue weighted by Gasteiger charge is 2.43. The number of hydrogen-bond donors (Lipinski definition) is 0. The van der Waals surface area contributed by atoms with Gasteiger partial charge in [-0.05, 0) is 68.9 Å². The molecule has 0 radical (unpaired) electrons. The van der Waals surface area contributed by atoms with Crippen LogP contribution in [0.15, 0.2) is 52.4 Å². The van der Waals surface area contributed by atoms with Crippen LogP contribution in [0.25, 0.3) is 22.5 Å². The molecule has 13 heteroatoms. The SMILES string of the molecule is COC(=O)c1ccc(-c2csc(N3[C@@H]4CC[C@H]3C[C@H](OCc3c(-c5ccccc5OC(F)(F)F)noc3C3CC3)C4)n2)c(F)c1. The van der Waals surface area contributed by atoms with Crippen LogP contribution in [0.2, 0.25) is 0 Å². The van der Waals surface area contributed by atoms with Gasteiger partial charge in [0.2, 0.25) is 0 Å². The van der Waals surface area contributed by atoms with E-state index in [1.165, 1.54) is 42.7 Å². The molecule has 1 saturated carbocycles. The third kappa shape index (κ3) is 6.02. The number of hydrogen-bond acceptors (Lipinski definition) is 9. The lowest BCUT2D eigenvalue weighted by atomic mass is 10.00. The number of nitrogens with zero attached hydrogens (tertiary/aromatic N) is 3. The van der Waals surface area contributed by atoms with Gasteiger partial charge < -0.3 is 23.6 Å². The number of esters is 1. The summed E-state index contributed by atoms with van der Waals surface area (Å²) in [6, 6.07) is 10.5. The van der Waals surface area contributed by atoms with Crippen molar-refractivity contribution in [2.45, 2.75) is 75.6 Å². The summed E-state index contributed by atoms with van der Waals surface area (Å²) in [5.74, 6) is -0.648. The van der Waals surface area contributed by atoms with Gasteiger partial charge in [-0.25, -0.2) is 14.2 Å². The van der Waals surface area contributed by atoms with Crippen molar-refractivity contribution >= 4 is 22.4 Å². The number of methoxy groups -OCH3 is 1. The van der Waals surface area contributed by atoms with Crippen LogP contribution in [0.1, 0.15) is 66.1 Å². The van der Waals surface area contributed by atoms with E-state index in [0.717, 1.165) is 49.7 Å². The predicted octanol–water partition coefficient (Wildman–Crippen LogP) is 7.88. The van der Waals surface area contributed by atoms with E-state index in [2.05, 4.69) is 19.5 Å². The molecular formula is C32H29F4N3O5S. The minimum absolute atomic E-state index is 0.0713. The fourth-order valence-corrected chi connectivity index (χ4v) is 7.43. The molecule has 0 amide bonds. The number of carbonyl (C=O) groups excluding carboxylic acids is 1. The molecule has 3 aliphatic rings. The lowest BCUT2D eigenvalue weighted by molar-refractivity contribution is -0.274. The minimum Gasteiger partial charge on any atom is -0.465 e. The van der Waals surface area contributed by atoms with E-state index in [1.807, 2.05) is 5.38 Å². The lowest BCUT2D eigenvalue weighted by Gasteiger charge is -2.38. The fourth-order valence-electron chi connectivity index (χ4n) is 6.47. The van der Waals surface area contributed by atoms with E-state index < -0.39 is 18.1 Å². The molecule has 2 aliphatic heterocycles. The number of alkyl halides is 3. The topological polar surface area (TPSA) is 86.9 Å². The van der Waals surface area contributed by atoms with E-state index in [-0.39, 0.29) is 47.6 Å². The van der Waals surface area contributed by atoms with Crippen LogP contribution in [0.3, 0.4) is 0 Å². The highest BCUT2D eigenvalue weighted by molar-refractivity contribution is 7.14. The summed E-state index contributed by atoms with van der Waals surface area (Å²) in [6.45, 7) is 0.164. The van der Waals surface area contributed by atoms with Crippen molar-refractivity contribution in [3.05, 3.63) is 70.5 Å². The number of thiazole rings is 1. The van der Waals surface area contributed by atoms with Crippen molar-refractivity contribution in [3.63, 3.8) is 0 Å². The van der Waals surface area contributed by atoms with Crippen LogP contribution in [-0.2, 0) is 16.1 Å². The summed E-state index contributed by atoms with van der Waals surface area (Å²) in [5.41, 5.74) is 2.12. The number of halogens is 4. The third-order valence-electron chi connectivity index (χ3n) is 8.67. The fraction of sp³-hybridized carbons (Fsp3) is 0.406. The van der Waals surface area contributed by atoms with E-state index in [1.54, 1.807) is 12.1 Å². The second-order valence-corrected chi connectivity index (χ2v) is 12.4. The average Bonchev–Trinajstić information content (AvgIpc) is 3.48. The number of para-hydroxylation sites is 1. The average molecular weight is 644 g/mol. The molecule has 2 bridgehead atoms. The molecule has 2 aromatic carbocycles. The number of aromatic nitrogens is 2. The van der Waals surface area contributed by atoms with E-state index in [9.17, 15) is 22.4 Å². The molecule has 7 rings (SSSR count). The van der Waals surface area contributed by atoms with E-state index >= 15 is 0 Å². The predicted molar refractivity (Wildman–Crippen MR) is 157 cm³/mol. The second-order valence-electron chi connectivity index (χ2n) is 11.6. The van der Waals surface area contributed by atoms with Gasteiger partial charge in [-0.15, -0.1) is 24.5 Å². The number of anilines is 1. The van der Waals surface area contributed by atoms with Crippen molar-refractivity contribution < 1.29 is 41.1 Å². The maximum atomic E-state index is 14.9. The van der Waals surface area contributed by atoms with Crippen molar-refractivity contribution in [2.24, 2.45) is 0 Å². The summed E-state index contributed by atoms with van der Waals surface area (Å²) < 4.78 is 75.4. The molecule has 3 fully saturated rings. The van der Waals surface area contributed by atoms with Crippen LogP contribution in [0.4, 0.5) is 22.7 Å². The molecule has 236 valence electrons. The summed E-state index contributed by atoms with van der Waals surface area (Å²) in [4.78, 5) is 18.8. The summed E-state index contributed by atoms with van der Waals surface area (Å²) in [6.07, 6.45) is 0.384. The number of fused-ring (bicyclic) bond motifs is 2. The van der Waals surface area contributed by atoms with Gasteiger partial charge in [0.25, 0.3) is 0 Å². The number of rotatable bonds is 9. The zero-order valence-corrected chi connectivity index (χ0v) is 25.0. The lowest BCUT2D eigenvalue weighted by Crippen LogP contribution is -2.45. The zero-order chi connectivity index (χ0) is 31.3. The molecular weight excluding hydrogens is 614 g/mol. The normalized spacial score (nSPS) is 21.3. The number of piperidine rings is 1. The Bertz CT molecular complexity index is 1700. The van der Waals surface area contributed by atoms with Crippen LogP contribution in [0, 0.1) is 5.82 Å². The Hall–Kier alpha value is -3.97.